The number of para-hydroxylation sites is 1. The van der Waals surface area contributed by atoms with E-state index in [1.54, 1.807) is 6.20 Å². The molecule has 0 radical (unpaired) electrons. The van der Waals surface area contributed by atoms with Crippen LogP contribution >= 0.6 is 23.2 Å². The van der Waals surface area contributed by atoms with Crippen molar-refractivity contribution in [2.45, 2.75) is 6.54 Å². The molecule has 6 nitrogen and oxygen atoms in total. The number of halogens is 2. The van der Waals surface area contributed by atoms with Gasteiger partial charge in [0, 0.05) is 32.7 Å². The number of nitrogens with zero attached hydrogens (tertiary/aromatic N) is 4. The summed E-state index contributed by atoms with van der Waals surface area (Å²) in [6, 6.07) is 17.2. The van der Waals surface area contributed by atoms with Crippen molar-refractivity contribution in [3.05, 3.63) is 86.8 Å². The van der Waals surface area contributed by atoms with Gasteiger partial charge in [-0.3, -0.25) is 9.69 Å². The molecule has 4 rings (SSSR count). The van der Waals surface area contributed by atoms with Gasteiger partial charge in [0.2, 0.25) is 0 Å². The maximum absolute atomic E-state index is 12.7. The van der Waals surface area contributed by atoms with E-state index in [9.17, 15) is 4.79 Å². The van der Waals surface area contributed by atoms with Crippen LogP contribution in [0, 0.1) is 0 Å². The van der Waals surface area contributed by atoms with Crippen molar-refractivity contribution >= 4 is 28.9 Å². The van der Waals surface area contributed by atoms with Crippen LogP contribution in [0.25, 0.3) is 0 Å². The van der Waals surface area contributed by atoms with Crippen molar-refractivity contribution in [1.29, 1.82) is 0 Å². The summed E-state index contributed by atoms with van der Waals surface area (Å²) in [5.74, 6) is 0.705. The molecule has 8 heteroatoms. The molecule has 0 bridgehead atoms. The Bertz CT molecular complexity index is 1070. The van der Waals surface area contributed by atoms with E-state index in [0.29, 0.717) is 29.6 Å². The number of hydrogen-bond acceptors (Lipinski definition) is 5. The molecule has 0 amide bonds. The predicted octanol–water partition coefficient (Wildman–Crippen LogP) is 3.80. The van der Waals surface area contributed by atoms with E-state index in [-0.39, 0.29) is 10.6 Å². The lowest BCUT2D eigenvalue weighted by molar-refractivity contribution is 0.200. The molecule has 1 saturated heterocycles. The fraction of sp³-hybridized carbons (Fsp3) is 0.304. The maximum Gasteiger partial charge on any atom is 0.287 e. The second kappa shape index (κ2) is 10.2. The Balaban J connectivity index is 1.32. The first-order valence-electron chi connectivity index (χ1n) is 10.3. The number of anilines is 1. The van der Waals surface area contributed by atoms with E-state index in [1.165, 1.54) is 4.68 Å². The topological polar surface area (TPSA) is 50.6 Å². The Morgan fingerprint density at radius 3 is 2.39 bits per heavy atom. The van der Waals surface area contributed by atoms with Gasteiger partial charge in [0.25, 0.3) is 5.56 Å². The van der Waals surface area contributed by atoms with Crippen molar-refractivity contribution in [3.63, 3.8) is 0 Å². The first-order valence-corrected chi connectivity index (χ1v) is 11.0. The van der Waals surface area contributed by atoms with Gasteiger partial charge in [-0.2, -0.15) is 5.10 Å². The minimum Gasteiger partial charge on any atom is -0.491 e. The van der Waals surface area contributed by atoms with Crippen LogP contribution in [0.15, 0.2) is 65.6 Å². The highest BCUT2D eigenvalue weighted by molar-refractivity contribution is 6.33. The molecule has 0 spiro atoms. The van der Waals surface area contributed by atoms with Crippen molar-refractivity contribution in [3.8, 4) is 5.75 Å². The zero-order valence-electron chi connectivity index (χ0n) is 17.1. The molecule has 31 heavy (non-hydrogen) atoms. The van der Waals surface area contributed by atoms with E-state index in [4.69, 9.17) is 27.9 Å². The summed E-state index contributed by atoms with van der Waals surface area (Å²) in [5.41, 5.74) is 1.44. The molecule has 1 aliphatic rings. The van der Waals surface area contributed by atoms with Crippen LogP contribution in [-0.2, 0) is 6.54 Å². The first kappa shape index (κ1) is 21.7. The third-order valence-corrected chi connectivity index (χ3v) is 6.02. The Hall–Kier alpha value is -2.54. The van der Waals surface area contributed by atoms with Crippen molar-refractivity contribution in [2.24, 2.45) is 0 Å². The van der Waals surface area contributed by atoms with E-state index in [1.807, 2.05) is 54.6 Å². The Labute approximate surface area is 191 Å². The van der Waals surface area contributed by atoms with Crippen LogP contribution in [0.2, 0.25) is 10.0 Å². The smallest absolute Gasteiger partial charge is 0.287 e. The molecule has 2 aromatic carbocycles. The molecule has 1 fully saturated rings. The average Bonchev–Trinajstić information content (AvgIpc) is 2.80. The summed E-state index contributed by atoms with van der Waals surface area (Å²) >= 11 is 12.6. The fourth-order valence-electron chi connectivity index (χ4n) is 3.60. The number of hydrogen-bond donors (Lipinski definition) is 0. The fourth-order valence-corrected chi connectivity index (χ4v) is 4.06. The summed E-state index contributed by atoms with van der Waals surface area (Å²) in [7, 11) is 0. The standard InChI is InChI=1S/C23H24Cl2N4O2/c24-19-8-4-5-9-21(19)31-15-14-27-10-12-28(13-11-27)20-16-26-29(23(30)22(20)25)17-18-6-2-1-3-7-18/h1-9,16H,10-15,17H2. The van der Waals surface area contributed by atoms with E-state index in [0.717, 1.165) is 38.3 Å². The highest BCUT2D eigenvalue weighted by Crippen LogP contribution is 2.24. The van der Waals surface area contributed by atoms with E-state index >= 15 is 0 Å². The quantitative estimate of drug-likeness (QED) is 0.538. The molecule has 1 aromatic heterocycles. The molecule has 0 aliphatic carbocycles. The molecule has 0 unspecified atom stereocenters. The second-order valence-corrected chi connectivity index (χ2v) is 8.18. The van der Waals surface area contributed by atoms with Gasteiger partial charge in [0.1, 0.15) is 17.4 Å². The van der Waals surface area contributed by atoms with Crippen molar-refractivity contribution < 1.29 is 4.74 Å². The van der Waals surface area contributed by atoms with Crippen LogP contribution in [0.3, 0.4) is 0 Å². The predicted molar refractivity (Wildman–Crippen MR) is 125 cm³/mol. The molecule has 0 N–H and O–H groups in total. The Kier molecular flexibility index (Phi) is 7.12. The lowest BCUT2D eigenvalue weighted by Crippen LogP contribution is -2.48. The summed E-state index contributed by atoms with van der Waals surface area (Å²) in [5, 5.41) is 5.20. The normalized spacial score (nSPS) is 14.6. The number of piperazine rings is 1. The molecule has 0 atom stereocenters. The zero-order chi connectivity index (χ0) is 21.6. The second-order valence-electron chi connectivity index (χ2n) is 7.40. The van der Waals surface area contributed by atoms with Crippen LogP contribution < -0.4 is 15.2 Å². The minimum absolute atomic E-state index is 0.224. The highest BCUT2D eigenvalue weighted by atomic mass is 35.5. The minimum atomic E-state index is -0.265. The summed E-state index contributed by atoms with van der Waals surface area (Å²) in [6.45, 7) is 5.04. The van der Waals surface area contributed by atoms with Crippen molar-refractivity contribution in [1.82, 2.24) is 14.7 Å². The largest absolute Gasteiger partial charge is 0.491 e. The lowest BCUT2D eigenvalue weighted by Gasteiger charge is -2.36. The lowest BCUT2D eigenvalue weighted by atomic mass is 10.2. The summed E-state index contributed by atoms with van der Waals surface area (Å²) in [6.07, 6.45) is 1.70. The molecule has 3 aromatic rings. The number of aromatic nitrogens is 2. The molecule has 1 aliphatic heterocycles. The third-order valence-electron chi connectivity index (χ3n) is 5.36. The van der Waals surface area contributed by atoms with Gasteiger partial charge in [-0.1, -0.05) is 65.7 Å². The van der Waals surface area contributed by atoms with Gasteiger partial charge >= 0.3 is 0 Å². The summed E-state index contributed by atoms with van der Waals surface area (Å²) < 4.78 is 7.19. The van der Waals surface area contributed by atoms with E-state index < -0.39 is 0 Å². The van der Waals surface area contributed by atoms with Crippen molar-refractivity contribution in [2.75, 3.05) is 44.2 Å². The van der Waals surface area contributed by atoms with Gasteiger partial charge in [-0.05, 0) is 17.7 Å². The molecular weight excluding hydrogens is 435 g/mol. The first-order chi connectivity index (χ1) is 15.1. The van der Waals surface area contributed by atoms with Gasteiger partial charge in [-0.15, -0.1) is 0 Å². The van der Waals surface area contributed by atoms with Gasteiger partial charge in [-0.25, -0.2) is 4.68 Å². The monoisotopic (exact) mass is 458 g/mol. The van der Waals surface area contributed by atoms with Crippen LogP contribution in [0.1, 0.15) is 5.56 Å². The molecule has 0 saturated carbocycles. The average molecular weight is 459 g/mol. The summed E-state index contributed by atoms with van der Waals surface area (Å²) in [4.78, 5) is 17.2. The Morgan fingerprint density at radius 2 is 1.65 bits per heavy atom. The number of ether oxygens (including phenoxy) is 1. The number of benzene rings is 2. The zero-order valence-corrected chi connectivity index (χ0v) is 18.6. The van der Waals surface area contributed by atoms with Gasteiger partial charge in [0.15, 0.2) is 0 Å². The van der Waals surface area contributed by atoms with Crippen LogP contribution in [0.5, 0.6) is 5.75 Å². The van der Waals surface area contributed by atoms with Gasteiger partial charge in [0.05, 0.1) is 23.5 Å². The number of rotatable bonds is 7. The highest BCUT2D eigenvalue weighted by Gasteiger charge is 2.21. The molecule has 2 heterocycles. The van der Waals surface area contributed by atoms with Gasteiger partial charge < -0.3 is 9.64 Å². The Morgan fingerprint density at radius 1 is 0.935 bits per heavy atom. The van der Waals surface area contributed by atoms with Crippen LogP contribution in [0.4, 0.5) is 5.69 Å². The third kappa shape index (κ3) is 5.39. The van der Waals surface area contributed by atoms with Crippen LogP contribution in [-0.4, -0.2) is 54.0 Å². The molecular formula is C23H24Cl2N4O2. The maximum atomic E-state index is 12.7. The molecule has 162 valence electrons. The van der Waals surface area contributed by atoms with E-state index in [2.05, 4.69) is 14.9 Å². The SMILES string of the molecule is O=c1c(Cl)c(N2CCN(CCOc3ccccc3Cl)CC2)cnn1Cc1ccccc1.